The second-order valence-corrected chi connectivity index (χ2v) is 7.40. The number of aliphatic hydroxyl groups excluding tert-OH is 1. The summed E-state index contributed by atoms with van der Waals surface area (Å²) in [6.45, 7) is 2.15. The summed E-state index contributed by atoms with van der Waals surface area (Å²) in [5, 5.41) is 10.5. The van der Waals surface area contributed by atoms with Crippen molar-refractivity contribution in [3.63, 3.8) is 0 Å². The topological polar surface area (TPSA) is 49.8 Å². The Balaban J connectivity index is 1.65. The summed E-state index contributed by atoms with van der Waals surface area (Å²) in [5.41, 5.74) is 1.80. The fourth-order valence-electron chi connectivity index (χ4n) is 3.25. The van der Waals surface area contributed by atoms with Gasteiger partial charge in [-0.15, -0.1) is 0 Å². The van der Waals surface area contributed by atoms with E-state index in [0.29, 0.717) is 18.5 Å². The van der Waals surface area contributed by atoms with E-state index in [1.165, 1.54) is 12.1 Å². The van der Waals surface area contributed by atoms with Gasteiger partial charge in [0.2, 0.25) is 0 Å². The van der Waals surface area contributed by atoms with Crippen LogP contribution in [0.1, 0.15) is 23.1 Å². The molecule has 0 radical (unpaired) electrons. The van der Waals surface area contributed by atoms with Crippen molar-refractivity contribution in [2.75, 3.05) is 13.2 Å². The minimum absolute atomic E-state index is 0.0268. The van der Waals surface area contributed by atoms with Crippen LogP contribution in [0, 0.1) is 6.92 Å². The molecule has 7 heteroatoms. The predicted molar refractivity (Wildman–Crippen MR) is 111 cm³/mol. The van der Waals surface area contributed by atoms with Crippen molar-refractivity contribution in [3.05, 3.63) is 89.0 Å². The van der Waals surface area contributed by atoms with Gasteiger partial charge in [-0.05, 0) is 48.7 Å². The Kier molecular flexibility index (Phi) is 7.17. The molecule has 1 amide bonds. The average Bonchev–Trinajstić information content (AvgIpc) is 3.27. The van der Waals surface area contributed by atoms with Gasteiger partial charge >= 0.3 is 6.18 Å². The first-order valence-corrected chi connectivity index (χ1v) is 9.92. The minimum atomic E-state index is -4.42. The third-order valence-corrected chi connectivity index (χ3v) is 4.98. The maximum absolute atomic E-state index is 13.0. The van der Waals surface area contributed by atoms with E-state index in [2.05, 4.69) is 0 Å². The molecule has 0 saturated carbocycles. The molecule has 0 spiro atoms. The van der Waals surface area contributed by atoms with Crippen molar-refractivity contribution in [1.82, 2.24) is 4.90 Å². The molecule has 0 aromatic heterocycles. The number of ether oxygens (including phenoxy) is 1. The predicted octanol–water partition coefficient (Wildman–Crippen LogP) is 4.67. The van der Waals surface area contributed by atoms with E-state index >= 15 is 0 Å². The summed E-state index contributed by atoms with van der Waals surface area (Å²) in [6, 6.07) is 12.0. The highest BCUT2D eigenvalue weighted by Gasteiger charge is 2.30. The number of carbonyl (C=O) groups excluding carboxylic acids is 1. The Labute approximate surface area is 179 Å². The monoisotopic (exact) mass is 431 g/mol. The molecule has 1 unspecified atom stereocenters. The van der Waals surface area contributed by atoms with Gasteiger partial charge in [0.15, 0.2) is 0 Å². The molecular weight excluding hydrogens is 407 g/mol. The van der Waals surface area contributed by atoms with Crippen molar-refractivity contribution in [1.29, 1.82) is 0 Å². The average molecular weight is 431 g/mol. The van der Waals surface area contributed by atoms with E-state index < -0.39 is 17.8 Å². The molecule has 1 N–H and O–H groups in total. The van der Waals surface area contributed by atoms with Gasteiger partial charge in [0.25, 0.3) is 5.91 Å². The van der Waals surface area contributed by atoms with Gasteiger partial charge in [0.1, 0.15) is 18.5 Å². The van der Waals surface area contributed by atoms with Crippen molar-refractivity contribution >= 4 is 5.91 Å². The quantitative estimate of drug-likeness (QED) is 0.661. The van der Waals surface area contributed by atoms with Gasteiger partial charge in [-0.1, -0.05) is 42.5 Å². The minimum Gasteiger partial charge on any atom is -0.491 e. The zero-order valence-electron chi connectivity index (χ0n) is 17.1. The molecule has 2 aromatic rings. The van der Waals surface area contributed by atoms with Crippen LogP contribution in [-0.4, -0.2) is 35.2 Å². The number of carbonyl (C=O) groups is 1. The van der Waals surface area contributed by atoms with Crippen LogP contribution in [0.4, 0.5) is 13.2 Å². The number of hydrogen-bond acceptors (Lipinski definition) is 3. The van der Waals surface area contributed by atoms with Crippen LogP contribution < -0.4 is 4.74 Å². The summed E-state index contributed by atoms with van der Waals surface area (Å²) in [6.07, 6.45) is 0.748. The van der Waals surface area contributed by atoms with Crippen molar-refractivity contribution in [2.45, 2.75) is 32.2 Å². The summed E-state index contributed by atoms with van der Waals surface area (Å²) in [4.78, 5) is 14.5. The fourth-order valence-corrected chi connectivity index (χ4v) is 3.25. The van der Waals surface area contributed by atoms with Crippen molar-refractivity contribution < 1.29 is 27.8 Å². The van der Waals surface area contributed by atoms with E-state index in [4.69, 9.17) is 4.74 Å². The fraction of sp³-hybridized carbons (Fsp3) is 0.292. The van der Waals surface area contributed by atoms with Crippen LogP contribution in [0.3, 0.4) is 0 Å². The first kappa shape index (κ1) is 22.6. The van der Waals surface area contributed by atoms with Gasteiger partial charge < -0.3 is 14.7 Å². The molecule has 1 atom stereocenters. The zero-order valence-corrected chi connectivity index (χ0v) is 17.1. The molecule has 1 aliphatic carbocycles. The number of benzene rings is 2. The molecule has 0 fully saturated rings. The molecule has 0 heterocycles. The van der Waals surface area contributed by atoms with E-state index in [0.717, 1.165) is 23.3 Å². The first-order valence-electron chi connectivity index (χ1n) is 9.92. The van der Waals surface area contributed by atoms with Gasteiger partial charge in [0, 0.05) is 12.1 Å². The number of halogens is 3. The molecule has 0 aliphatic heterocycles. The lowest BCUT2D eigenvalue weighted by atomic mass is 10.1. The SMILES string of the molecule is Cc1ccccc1CN(CC(O)COc1ccc(C(F)(F)F)cc1)C(=O)C1=CCC=C1. The van der Waals surface area contributed by atoms with E-state index in [1.807, 2.05) is 43.3 Å². The summed E-state index contributed by atoms with van der Waals surface area (Å²) in [5.74, 6) is 0.0239. The van der Waals surface area contributed by atoms with Gasteiger partial charge in [-0.3, -0.25) is 4.79 Å². The van der Waals surface area contributed by atoms with Gasteiger partial charge in [-0.25, -0.2) is 0 Å². The molecule has 1 aliphatic rings. The smallest absolute Gasteiger partial charge is 0.416 e. The largest absolute Gasteiger partial charge is 0.491 e. The number of alkyl halides is 3. The van der Waals surface area contributed by atoms with Crippen LogP contribution in [0.15, 0.2) is 72.3 Å². The number of nitrogens with zero attached hydrogens (tertiary/aromatic N) is 1. The lowest BCUT2D eigenvalue weighted by Crippen LogP contribution is -2.39. The first-order chi connectivity index (χ1) is 14.7. The number of amides is 1. The van der Waals surface area contributed by atoms with E-state index in [1.54, 1.807) is 11.0 Å². The maximum atomic E-state index is 13.0. The second-order valence-electron chi connectivity index (χ2n) is 7.40. The summed E-state index contributed by atoms with van der Waals surface area (Å²) < 4.78 is 43.4. The molecule has 2 aromatic carbocycles. The third-order valence-electron chi connectivity index (χ3n) is 4.98. The normalized spacial score (nSPS) is 14.3. The number of allylic oxidation sites excluding steroid dienone is 2. The third kappa shape index (κ3) is 6.21. The van der Waals surface area contributed by atoms with Crippen molar-refractivity contribution in [2.24, 2.45) is 0 Å². The Bertz CT molecular complexity index is 965. The molecule has 31 heavy (non-hydrogen) atoms. The Morgan fingerprint density at radius 1 is 1.16 bits per heavy atom. The van der Waals surface area contributed by atoms with Crippen LogP contribution in [0.2, 0.25) is 0 Å². The Hall–Kier alpha value is -3.06. The Morgan fingerprint density at radius 3 is 2.48 bits per heavy atom. The van der Waals surface area contributed by atoms with Crippen LogP contribution in [0.5, 0.6) is 5.75 Å². The highest BCUT2D eigenvalue weighted by molar-refractivity contribution is 5.96. The molecule has 164 valence electrons. The van der Waals surface area contributed by atoms with Gasteiger partial charge in [-0.2, -0.15) is 13.2 Å². The lowest BCUT2D eigenvalue weighted by Gasteiger charge is -2.26. The number of hydrogen-bond donors (Lipinski definition) is 1. The second kappa shape index (κ2) is 9.83. The molecule has 0 bridgehead atoms. The zero-order chi connectivity index (χ0) is 22.4. The summed E-state index contributed by atoms with van der Waals surface area (Å²) >= 11 is 0. The Morgan fingerprint density at radius 2 is 1.87 bits per heavy atom. The van der Waals surface area contributed by atoms with E-state index in [-0.39, 0.29) is 24.8 Å². The van der Waals surface area contributed by atoms with Crippen molar-refractivity contribution in [3.8, 4) is 5.75 Å². The molecule has 3 rings (SSSR count). The van der Waals surface area contributed by atoms with Crippen LogP contribution in [0.25, 0.3) is 0 Å². The number of aliphatic hydroxyl groups is 1. The highest BCUT2D eigenvalue weighted by atomic mass is 19.4. The number of aryl methyl sites for hydroxylation is 1. The van der Waals surface area contributed by atoms with Crippen LogP contribution in [-0.2, 0) is 17.5 Å². The lowest BCUT2D eigenvalue weighted by molar-refractivity contribution is -0.137. The maximum Gasteiger partial charge on any atom is 0.416 e. The number of rotatable bonds is 8. The molecular formula is C24H24F3NO3. The van der Waals surface area contributed by atoms with Gasteiger partial charge in [0.05, 0.1) is 12.1 Å². The molecule has 4 nitrogen and oxygen atoms in total. The van der Waals surface area contributed by atoms with E-state index in [9.17, 15) is 23.1 Å². The van der Waals surface area contributed by atoms with Crippen LogP contribution >= 0.6 is 0 Å². The highest BCUT2D eigenvalue weighted by Crippen LogP contribution is 2.30. The standard InChI is InChI=1S/C24H24F3NO3/c1-17-6-2-3-9-19(17)14-28(23(30)18-7-4-5-8-18)15-21(29)16-31-22-12-10-20(11-13-22)24(25,26)27/h2-4,6-13,21,29H,5,14-16H2,1H3. The molecule has 0 saturated heterocycles. The summed E-state index contributed by atoms with van der Waals surface area (Å²) in [7, 11) is 0.